The van der Waals surface area contributed by atoms with Crippen LogP contribution < -0.4 is 5.73 Å². The molecule has 0 aromatic carbocycles. The van der Waals surface area contributed by atoms with E-state index < -0.39 is 11.4 Å². The Morgan fingerprint density at radius 1 is 1.53 bits per heavy atom. The maximum Gasteiger partial charge on any atom is 0.310 e. The topological polar surface area (TPSA) is 68.2 Å². The zero-order chi connectivity index (χ0) is 13.2. The summed E-state index contributed by atoms with van der Waals surface area (Å²) in [5, 5.41) is 9.07. The molecule has 0 saturated carbocycles. The molecule has 3 N–H and O–H groups in total. The molecule has 1 heterocycles. The van der Waals surface area contributed by atoms with Gasteiger partial charge in [0.2, 0.25) is 0 Å². The van der Waals surface area contributed by atoms with E-state index in [4.69, 9.17) is 10.8 Å². The number of aromatic nitrogens is 1. The summed E-state index contributed by atoms with van der Waals surface area (Å²) in [6.45, 7) is 8.04. The van der Waals surface area contributed by atoms with E-state index in [1.54, 1.807) is 13.8 Å². The minimum atomic E-state index is -0.791. The maximum atomic E-state index is 11.0. The molecule has 0 spiro atoms. The Kier molecular flexibility index (Phi) is 3.98. The Morgan fingerprint density at radius 2 is 2.12 bits per heavy atom. The monoisotopic (exact) mass is 238 g/mol. The average Bonchev–Trinajstić information content (AvgIpc) is 2.63. The molecule has 0 bridgehead atoms. The number of aliphatic carboxylic acids is 1. The van der Waals surface area contributed by atoms with Crippen LogP contribution in [0.4, 0.5) is 0 Å². The lowest BCUT2D eigenvalue weighted by Crippen LogP contribution is -2.28. The van der Waals surface area contributed by atoms with Gasteiger partial charge in [-0.25, -0.2) is 0 Å². The Labute approximate surface area is 102 Å². The molecule has 1 unspecified atom stereocenters. The summed E-state index contributed by atoms with van der Waals surface area (Å²) in [7, 11) is 0. The van der Waals surface area contributed by atoms with Crippen molar-refractivity contribution >= 4 is 5.97 Å². The molecule has 0 radical (unpaired) electrons. The lowest BCUT2D eigenvalue weighted by molar-refractivity contribution is -0.147. The largest absolute Gasteiger partial charge is 0.481 e. The molecule has 0 aliphatic rings. The predicted octanol–water partition coefficient (Wildman–Crippen LogP) is 2.25. The van der Waals surface area contributed by atoms with E-state index in [1.165, 1.54) is 0 Å². The van der Waals surface area contributed by atoms with Gasteiger partial charge in [0, 0.05) is 25.0 Å². The summed E-state index contributed by atoms with van der Waals surface area (Å²) in [4.78, 5) is 11.0. The predicted molar refractivity (Wildman–Crippen MR) is 67.6 cm³/mol. The lowest BCUT2D eigenvalue weighted by Gasteiger charge is -2.20. The molecule has 4 nitrogen and oxygen atoms in total. The molecule has 0 aliphatic carbocycles. The van der Waals surface area contributed by atoms with Crippen molar-refractivity contribution < 1.29 is 9.90 Å². The van der Waals surface area contributed by atoms with Crippen molar-refractivity contribution in [1.29, 1.82) is 0 Å². The number of carbonyl (C=O) groups is 1. The molecule has 0 aliphatic heterocycles. The molecule has 0 fully saturated rings. The van der Waals surface area contributed by atoms with E-state index in [-0.39, 0.29) is 6.04 Å². The second-order valence-corrected chi connectivity index (χ2v) is 5.58. The van der Waals surface area contributed by atoms with Crippen LogP contribution in [0.1, 0.15) is 39.3 Å². The van der Waals surface area contributed by atoms with Crippen LogP contribution in [0.5, 0.6) is 0 Å². The van der Waals surface area contributed by atoms with Crippen LogP contribution in [0.25, 0.3) is 0 Å². The zero-order valence-electron chi connectivity index (χ0n) is 11.0. The van der Waals surface area contributed by atoms with E-state index in [9.17, 15) is 4.79 Å². The molecule has 1 rings (SSSR count). The first kappa shape index (κ1) is 13.8. The van der Waals surface area contributed by atoms with Crippen molar-refractivity contribution in [1.82, 2.24) is 4.57 Å². The average molecular weight is 238 g/mol. The highest BCUT2D eigenvalue weighted by atomic mass is 16.4. The van der Waals surface area contributed by atoms with E-state index in [0.29, 0.717) is 12.5 Å². The van der Waals surface area contributed by atoms with Crippen molar-refractivity contribution in [3.05, 3.63) is 24.0 Å². The van der Waals surface area contributed by atoms with Crippen LogP contribution in [-0.4, -0.2) is 15.6 Å². The number of rotatable bonds is 5. The second-order valence-electron chi connectivity index (χ2n) is 5.58. The van der Waals surface area contributed by atoms with Crippen molar-refractivity contribution in [3.63, 3.8) is 0 Å². The molecule has 0 amide bonds. The standard InChI is InChI=1S/C13H22N2O2/c1-9(2)11(14)10-5-6-15(7-10)8-13(3,4)12(16)17/h5-7,9,11H,8,14H2,1-4H3,(H,16,17). The first-order chi connectivity index (χ1) is 7.74. The highest BCUT2D eigenvalue weighted by molar-refractivity contribution is 5.73. The fraction of sp³-hybridized carbons (Fsp3) is 0.615. The number of carboxylic acid groups (broad SMARTS) is 1. The molecule has 1 atom stereocenters. The van der Waals surface area contributed by atoms with Gasteiger partial charge in [0.05, 0.1) is 5.41 Å². The lowest BCUT2D eigenvalue weighted by atomic mass is 9.94. The van der Waals surface area contributed by atoms with Gasteiger partial charge in [-0.3, -0.25) is 4.79 Å². The molecular weight excluding hydrogens is 216 g/mol. The van der Waals surface area contributed by atoms with Gasteiger partial charge in [-0.2, -0.15) is 0 Å². The highest BCUT2D eigenvalue weighted by Crippen LogP contribution is 2.22. The summed E-state index contributed by atoms with van der Waals surface area (Å²) in [6.07, 6.45) is 3.83. The third-order valence-electron chi connectivity index (χ3n) is 3.03. The quantitative estimate of drug-likeness (QED) is 0.826. The second kappa shape index (κ2) is 4.92. The fourth-order valence-corrected chi connectivity index (χ4v) is 1.66. The van der Waals surface area contributed by atoms with Gasteiger partial charge >= 0.3 is 5.97 Å². The molecule has 1 aromatic heterocycles. The number of nitrogens with zero attached hydrogens (tertiary/aromatic N) is 1. The van der Waals surface area contributed by atoms with Crippen molar-refractivity contribution in [3.8, 4) is 0 Å². The van der Waals surface area contributed by atoms with E-state index in [2.05, 4.69) is 13.8 Å². The Morgan fingerprint density at radius 3 is 2.59 bits per heavy atom. The maximum absolute atomic E-state index is 11.0. The zero-order valence-corrected chi connectivity index (χ0v) is 11.0. The van der Waals surface area contributed by atoms with Crippen LogP contribution in [0.3, 0.4) is 0 Å². The number of hydrogen-bond donors (Lipinski definition) is 2. The first-order valence-corrected chi connectivity index (χ1v) is 5.88. The van der Waals surface area contributed by atoms with Gasteiger partial charge in [-0.05, 0) is 31.4 Å². The van der Waals surface area contributed by atoms with Crippen LogP contribution in [-0.2, 0) is 11.3 Å². The van der Waals surface area contributed by atoms with Crippen molar-refractivity contribution in [2.24, 2.45) is 17.1 Å². The number of nitrogens with two attached hydrogens (primary N) is 1. The Bertz CT molecular complexity index is 394. The van der Waals surface area contributed by atoms with Crippen LogP contribution in [0.15, 0.2) is 18.5 Å². The van der Waals surface area contributed by atoms with Crippen molar-refractivity contribution in [2.75, 3.05) is 0 Å². The Hall–Kier alpha value is -1.29. The molecule has 96 valence electrons. The van der Waals surface area contributed by atoms with E-state index in [0.717, 1.165) is 5.56 Å². The first-order valence-electron chi connectivity index (χ1n) is 5.88. The number of carboxylic acids is 1. The van der Waals surface area contributed by atoms with Gasteiger partial charge in [0.1, 0.15) is 0 Å². The Balaban J connectivity index is 2.79. The van der Waals surface area contributed by atoms with E-state index in [1.807, 2.05) is 23.0 Å². The smallest absolute Gasteiger partial charge is 0.310 e. The van der Waals surface area contributed by atoms with Gasteiger partial charge in [0.15, 0.2) is 0 Å². The minimum absolute atomic E-state index is 0.00388. The van der Waals surface area contributed by atoms with Gasteiger partial charge in [-0.1, -0.05) is 13.8 Å². The summed E-state index contributed by atoms with van der Waals surface area (Å²) in [6, 6.07) is 1.96. The summed E-state index contributed by atoms with van der Waals surface area (Å²) in [5.41, 5.74) is 6.34. The molecule has 4 heteroatoms. The minimum Gasteiger partial charge on any atom is -0.481 e. The third-order valence-corrected chi connectivity index (χ3v) is 3.03. The van der Waals surface area contributed by atoms with Crippen LogP contribution in [0, 0.1) is 11.3 Å². The molecular formula is C13H22N2O2. The van der Waals surface area contributed by atoms with Gasteiger partial charge in [-0.15, -0.1) is 0 Å². The van der Waals surface area contributed by atoms with Crippen LogP contribution >= 0.6 is 0 Å². The summed E-state index contributed by atoms with van der Waals surface area (Å²) in [5.74, 6) is -0.417. The summed E-state index contributed by atoms with van der Waals surface area (Å²) < 4.78 is 1.89. The third kappa shape index (κ3) is 3.33. The summed E-state index contributed by atoms with van der Waals surface area (Å²) >= 11 is 0. The normalized spacial score (nSPS) is 14.0. The van der Waals surface area contributed by atoms with Gasteiger partial charge < -0.3 is 15.4 Å². The molecule has 1 aromatic rings. The fourth-order valence-electron chi connectivity index (χ4n) is 1.66. The highest BCUT2D eigenvalue weighted by Gasteiger charge is 2.27. The van der Waals surface area contributed by atoms with Crippen LogP contribution in [0.2, 0.25) is 0 Å². The van der Waals surface area contributed by atoms with E-state index >= 15 is 0 Å². The van der Waals surface area contributed by atoms with Crippen molar-refractivity contribution in [2.45, 2.75) is 40.3 Å². The number of hydrogen-bond acceptors (Lipinski definition) is 2. The van der Waals surface area contributed by atoms with Gasteiger partial charge in [0.25, 0.3) is 0 Å². The molecule has 0 saturated heterocycles. The SMILES string of the molecule is CC(C)C(N)c1ccn(CC(C)(C)C(=O)O)c1. The molecule has 17 heavy (non-hydrogen) atoms.